The van der Waals surface area contributed by atoms with Crippen molar-refractivity contribution < 1.29 is 9.21 Å². The van der Waals surface area contributed by atoms with Gasteiger partial charge in [-0.2, -0.15) is 5.10 Å². The molecule has 0 radical (unpaired) electrons. The Kier molecular flexibility index (Phi) is 5.31. The highest BCUT2D eigenvalue weighted by atomic mass is 16.3. The van der Waals surface area contributed by atoms with Crippen LogP contribution in [0.5, 0.6) is 0 Å². The molecule has 2 aromatic heterocycles. The predicted octanol–water partition coefficient (Wildman–Crippen LogP) is 1.85. The Morgan fingerprint density at radius 1 is 1.07 bits per heavy atom. The normalized spacial score (nSPS) is 19.1. The SMILES string of the molecule is CC(=O)N1CCCN(Cc2cc3n(n2)CCN(Cc2ccc(C)o2)C3)CC1. The Morgan fingerprint density at radius 3 is 2.70 bits per heavy atom. The molecule has 2 aliphatic heterocycles. The molecule has 4 rings (SSSR count). The summed E-state index contributed by atoms with van der Waals surface area (Å²) in [6, 6.07) is 6.33. The number of aryl methyl sites for hydroxylation is 1. The van der Waals surface area contributed by atoms with Gasteiger partial charge in [0.25, 0.3) is 0 Å². The zero-order valence-electron chi connectivity index (χ0n) is 16.4. The third-order valence-corrected chi connectivity index (χ3v) is 5.52. The van der Waals surface area contributed by atoms with Crippen LogP contribution in [0.25, 0.3) is 0 Å². The first kappa shape index (κ1) is 18.3. The number of amides is 1. The predicted molar refractivity (Wildman–Crippen MR) is 102 cm³/mol. The first-order valence-corrected chi connectivity index (χ1v) is 9.88. The Bertz CT molecular complexity index is 796. The number of hydrogen-bond acceptors (Lipinski definition) is 5. The highest BCUT2D eigenvalue weighted by Gasteiger charge is 2.21. The summed E-state index contributed by atoms with van der Waals surface area (Å²) in [5.41, 5.74) is 2.41. The standard InChI is InChI=1S/C20H29N5O2/c1-16-4-5-20(27-16)15-23-9-11-25-19(14-23)12-18(21-25)13-22-6-3-7-24(10-8-22)17(2)26/h4-5,12H,3,6-11,13-15H2,1-2H3. The van der Waals surface area contributed by atoms with Crippen LogP contribution in [0.15, 0.2) is 22.6 Å². The maximum atomic E-state index is 11.6. The lowest BCUT2D eigenvalue weighted by Gasteiger charge is -2.26. The van der Waals surface area contributed by atoms with Gasteiger partial charge in [-0.15, -0.1) is 0 Å². The summed E-state index contributed by atoms with van der Waals surface area (Å²) in [7, 11) is 0. The second-order valence-electron chi connectivity index (χ2n) is 7.71. The lowest BCUT2D eigenvalue weighted by Crippen LogP contribution is -2.33. The highest BCUT2D eigenvalue weighted by Crippen LogP contribution is 2.18. The van der Waals surface area contributed by atoms with E-state index >= 15 is 0 Å². The van der Waals surface area contributed by atoms with Gasteiger partial charge in [-0.25, -0.2) is 0 Å². The van der Waals surface area contributed by atoms with Crippen LogP contribution in [0.3, 0.4) is 0 Å². The van der Waals surface area contributed by atoms with E-state index < -0.39 is 0 Å². The number of hydrogen-bond donors (Lipinski definition) is 0. The molecule has 2 aliphatic rings. The van der Waals surface area contributed by atoms with Gasteiger partial charge in [0.15, 0.2) is 0 Å². The molecule has 1 amide bonds. The molecule has 7 nitrogen and oxygen atoms in total. The molecule has 0 spiro atoms. The molecule has 0 saturated carbocycles. The van der Waals surface area contributed by atoms with Crippen molar-refractivity contribution in [1.82, 2.24) is 24.5 Å². The van der Waals surface area contributed by atoms with Crippen molar-refractivity contribution in [2.45, 2.75) is 46.4 Å². The van der Waals surface area contributed by atoms with Gasteiger partial charge in [0.2, 0.25) is 5.91 Å². The maximum Gasteiger partial charge on any atom is 0.219 e. The van der Waals surface area contributed by atoms with Gasteiger partial charge in [-0.05, 0) is 31.5 Å². The molecule has 0 unspecified atom stereocenters. The van der Waals surface area contributed by atoms with Gasteiger partial charge < -0.3 is 9.32 Å². The third kappa shape index (κ3) is 4.42. The van der Waals surface area contributed by atoms with Crippen molar-refractivity contribution >= 4 is 5.91 Å². The Balaban J connectivity index is 1.35. The lowest BCUT2D eigenvalue weighted by molar-refractivity contribution is -0.128. The zero-order valence-corrected chi connectivity index (χ0v) is 16.4. The fourth-order valence-corrected chi connectivity index (χ4v) is 4.06. The van der Waals surface area contributed by atoms with E-state index in [-0.39, 0.29) is 5.91 Å². The van der Waals surface area contributed by atoms with Crippen molar-refractivity contribution in [3.63, 3.8) is 0 Å². The molecule has 4 heterocycles. The second-order valence-corrected chi connectivity index (χ2v) is 7.71. The van der Waals surface area contributed by atoms with Crippen molar-refractivity contribution in [2.75, 3.05) is 32.7 Å². The van der Waals surface area contributed by atoms with E-state index in [0.29, 0.717) is 0 Å². The highest BCUT2D eigenvalue weighted by molar-refractivity contribution is 5.73. The van der Waals surface area contributed by atoms with Crippen LogP contribution in [0.4, 0.5) is 0 Å². The summed E-state index contributed by atoms with van der Waals surface area (Å²) >= 11 is 0. The Morgan fingerprint density at radius 2 is 1.93 bits per heavy atom. The molecule has 27 heavy (non-hydrogen) atoms. The first-order valence-electron chi connectivity index (χ1n) is 9.88. The minimum absolute atomic E-state index is 0.182. The van der Waals surface area contributed by atoms with E-state index in [9.17, 15) is 4.79 Å². The summed E-state index contributed by atoms with van der Waals surface area (Å²) in [5, 5.41) is 4.82. The van der Waals surface area contributed by atoms with Crippen LogP contribution in [-0.4, -0.2) is 63.1 Å². The maximum absolute atomic E-state index is 11.6. The molecule has 0 bridgehead atoms. The first-order chi connectivity index (χ1) is 13.1. The zero-order chi connectivity index (χ0) is 18.8. The Hall–Kier alpha value is -2.12. The van der Waals surface area contributed by atoms with E-state index in [1.54, 1.807) is 6.92 Å². The van der Waals surface area contributed by atoms with Gasteiger partial charge in [-0.1, -0.05) is 0 Å². The third-order valence-electron chi connectivity index (χ3n) is 5.52. The largest absolute Gasteiger partial charge is 0.465 e. The quantitative estimate of drug-likeness (QED) is 0.821. The average molecular weight is 371 g/mol. The van der Waals surface area contributed by atoms with E-state index in [1.807, 2.05) is 17.9 Å². The molecule has 1 saturated heterocycles. The van der Waals surface area contributed by atoms with Gasteiger partial charge in [0.1, 0.15) is 11.5 Å². The number of rotatable bonds is 4. The van der Waals surface area contributed by atoms with Crippen LogP contribution in [-0.2, 0) is 31.0 Å². The number of aromatic nitrogens is 2. The van der Waals surface area contributed by atoms with E-state index in [1.165, 1.54) is 5.69 Å². The van der Waals surface area contributed by atoms with Crippen molar-refractivity contribution in [2.24, 2.45) is 0 Å². The minimum atomic E-state index is 0.182. The van der Waals surface area contributed by atoms with Gasteiger partial charge in [0.05, 0.1) is 24.5 Å². The second kappa shape index (κ2) is 7.86. The summed E-state index contributed by atoms with van der Waals surface area (Å²) in [4.78, 5) is 18.4. The number of nitrogens with zero attached hydrogens (tertiary/aromatic N) is 5. The molecule has 0 aliphatic carbocycles. The summed E-state index contributed by atoms with van der Waals surface area (Å²) in [6.07, 6.45) is 1.03. The molecule has 0 atom stereocenters. The minimum Gasteiger partial charge on any atom is -0.465 e. The van der Waals surface area contributed by atoms with Crippen LogP contribution < -0.4 is 0 Å². The van der Waals surface area contributed by atoms with Crippen LogP contribution >= 0.6 is 0 Å². The molecular formula is C20H29N5O2. The monoisotopic (exact) mass is 371 g/mol. The lowest BCUT2D eigenvalue weighted by atomic mass is 10.2. The molecule has 0 aromatic carbocycles. The summed E-state index contributed by atoms with van der Waals surface area (Å²) in [6.45, 7) is 11.8. The number of carbonyl (C=O) groups is 1. The summed E-state index contributed by atoms with van der Waals surface area (Å²) in [5.74, 6) is 2.18. The van der Waals surface area contributed by atoms with Gasteiger partial charge in [0, 0.05) is 52.7 Å². The van der Waals surface area contributed by atoms with Crippen molar-refractivity contribution in [3.05, 3.63) is 41.1 Å². The van der Waals surface area contributed by atoms with Crippen molar-refractivity contribution in [1.29, 1.82) is 0 Å². The number of fused-ring (bicyclic) bond motifs is 1. The average Bonchev–Trinajstić information content (AvgIpc) is 3.13. The van der Waals surface area contributed by atoms with E-state index in [0.717, 1.165) is 82.5 Å². The van der Waals surface area contributed by atoms with Gasteiger partial charge >= 0.3 is 0 Å². The van der Waals surface area contributed by atoms with Gasteiger partial charge in [-0.3, -0.25) is 19.3 Å². The molecule has 1 fully saturated rings. The number of carbonyl (C=O) groups excluding carboxylic acids is 1. The Labute approximate surface area is 160 Å². The van der Waals surface area contributed by atoms with Crippen LogP contribution in [0.2, 0.25) is 0 Å². The van der Waals surface area contributed by atoms with E-state index in [4.69, 9.17) is 9.52 Å². The van der Waals surface area contributed by atoms with Crippen LogP contribution in [0.1, 0.15) is 36.3 Å². The molecule has 0 N–H and O–H groups in total. The van der Waals surface area contributed by atoms with E-state index in [2.05, 4.69) is 26.6 Å². The fraction of sp³-hybridized carbons (Fsp3) is 0.600. The fourth-order valence-electron chi connectivity index (χ4n) is 4.06. The smallest absolute Gasteiger partial charge is 0.219 e. The number of furan rings is 1. The molecule has 2 aromatic rings. The molecule has 7 heteroatoms. The molecule has 146 valence electrons. The summed E-state index contributed by atoms with van der Waals surface area (Å²) < 4.78 is 7.87. The molecular weight excluding hydrogens is 342 g/mol. The topological polar surface area (TPSA) is 57.8 Å². The van der Waals surface area contributed by atoms with Crippen LogP contribution in [0, 0.1) is 6.92 Å². The van der Waals surface area contributed by atoms with Crippen molar-refractivity contribution in [3.8, 4) is 0 Å².